The molecule has 4 rings (SSSR count). The van der Waals surface area contributed by atoms with E-state index in [1.165, 1.54) is 21.0 Å². The molecule has 0 unspecified atom stereocenters. The molecule has 13 heteroatoms. The summed E-state index contributed by atoms with van der Waals surface area (Å²) in [6.45, 7) is 10.9. The zero-order chi connectivity index (χ0) is 39.5. The molecule has 3 aliphatic heterocycles. The highest BCUT2D eigenvalue weighted by Gasteiger charge is 2.60. The van der Waals surface area contributed by atoms with Crippen LogP contribution in [0, 0.1) is 17.8 Å². The fourth-order valence-electron chi connectivity index (χ4n) is 8.64. The largest absolute Gasteiger partial charge is 0.458 e. The van der Waals surface area contributed by atoms with Crippen molar-refractivity contribution in [1.29, 1.82) is 0 Å². The van der Waals surface area contributed by atoms with Crippen LogP contribution in [0.2, 0.25) is 0 Å². The summed E-state index contributed by atoms with van der Waals surface area (Å²) in [5.74, 6) is -5.73. The highest BCUT2D eigenvalue weighted by molar-refractivity contribution is 6.00. The lowest BCUT2D eigenvalue weighted by Gasteiger charge is -2.47. The Kier molecular flexibility index (Phi) is 13.9. The van der Waals surface area contributed by atoms with Crippen LogP contribution in [0.5, 0.6) is 0 Å². The number of esters is 1. The number of benzene rings is 1. The molecule has 0 aromatic heterocycles. The van der Waals surface area contributed by atoms with Gasteiger partial charge in [0.2, 0.25) is 0 Å². The molecule has 12 nitrogen and oxygen atoms in total. The summed E-state index contributed by atoms with van der Waals surface area (Å²) in [6.07, 6.45) is -3.58. The van der Waals surface area contributed by atoms with E-state index in [1.54, 1.807) is 27.7 Å². The number of nitrogens with zero attached hydrogens (tertiary/aromatic N) is 1. The van der Waals surface area contributed by atoms with Gasteiger partial charge in [-0.2, -0.15) is 0 Å². The van der Waals surface area contributed by atoms with Crippen molar-refractivity contribution in [2.75, 3.05) is 21.2 Å². The van der Waals surface area contributed by atoms with Crippen molar-refractivity contribution in [2.45, 2.75) is 153 Å². The Bertz CT molecular complexity index is 1440. The van der Waals surface area contributed by atoms with Crippen LogP contribution in [0.15, 0.2) is 30.3 Å². The Balaban J connectivity index is 1.79. The number of Topliss-reactive ketones (excluding diaryl/α,β-unsaturated/α-hetero) is 2. The summed E-state index contributed by atoms with van der Waals surface area (Å²) in [5, 5.41) is 14.2. The number of unbranched alkanes of at least 4 members (excludes halogenated alkanes) is 1. The number of hydrogen-bond donors (Lipinski definition) is 2. The van der Waals surface area contributed by atoms with Gasteiger partial charge in [-0.05, 0) is 86.4 Å². The molecule has 3 heterocycles. The number of nitrogens with one attached hydrogen (secondary N) is 1. The molecule has 1 amide bonds. The van der Waals surface area contributed by atoms with Gasteiger partial charge in [0.25, 0.3) is 0 Å². The van der Waals surface area contributed by atoms with E-state index in [1.807, 2.05) is 56.3 Å². The van der Waals surface area contributed by atoms with Crippen LogP contribution in [0.3, 0.4) is 0 Å². The van der Waals surface area contributed by atoms with Gasteiger partial charge in [-0.1, -0.05) is 50.6 Å². The van der Waals surface area contributed by atoms with E-state index in [0.717, 1.165) is 12.0 Å². The van der Waals surface area contributed by atoms with Crippen molar-refractivity contribution in [1.82, 2.24) is 10.2 Å². The second kappa shape index (κ2) is 17.2. The number of aryl methyl sites for hydroxylation is 1. The van der Waals surface area contributed by atoms with Gasteiger partial charge in [-0.15, -0.1) is 0 Å². The summed E-state index contributed by atoms with van der Waals surface area (Å²) < 4.78 is 47.9. The number of cyclic esters (lactones) is 1. The highest BCUT2D eigenvalue weighted by atomic mass is 19.1. The van der Waals surface area contributed by atoms with Crippen LogP contribution in [0.1, 0.15) is 92.6 Å². The van der Waals surface area contributed by atoms with E-state index >= 15 is 4.39 Å². The van der Waals surface area contributed by atoms with Crippen molar-refractivity contribution in [3.8, 4) is 0 Å². The number of carbonyl (C=O) groups excluding carboxylic acids is 4. The Morgan fingerprint density at radius 2 is 1.70 bits per heavy atom. The molecular formula is C40H61FN2O10. The van der Waals surface area contributed by atoms with Gasteiger partial charge in [-0.3, -0.25) is 14.4 Å². The lowest BCUT2D eigenvalue weighted by Crippen LogP contribution is -2.62. The first-order valence-electron chi connectivity index (χ1n) is 19.0. The first-order valence-corrected chi connectivity index (χ1v) is 19.0. The van der Waals surface area contributed by atoms with E-state index in [0.29, 0.717) is 19.3 Å². The topological polar surface area (TPSA) is 150 Å². The number of alkyl halides is 1. The molecule has 1 aromatic rings. The quantitative estimate of drug-likeness (QED) is 0.190. The zero-order valence-electron chi connectivity index (χ0n) is 33.1. The number of carbonyl (C=O) groups is 4. The lowest BCUT2D eigenvalue weighted by molar-refractivity contribution is -0.296. The average Bonchev–Trinajstić information content (AvgIpc) is 3.42. The van der Waals surface area contributed by atoms with Crippen LogP contribution in [0.4, 0.5) is 9.18 Å². The van der Waals surface area contributed by atoms with Crippen molar-refractivity contribution in [3.05, 3.63) is 35.9 Å². The first-order chi connectivity index (χ1) is 24.8. The van der Waals surface area contributed by atoms with Gasteiger partial charge >= 0.3 is 12.1 Å². The highest BCUT2D eigenvalue weighted by Crippen LogP contribution is 2.43. The molecule has 0 saturated carbocycles. The van der Waals surface area contributed by atoms with Crippen LogP contribution >= 0.6 is 0 Å². The number of rotatable bonds is 10. The second-order valence-electron chi connectivity index (χ2n) is 16.2. The molecule has 53 heavy (non-hydrogen) atoms. The minimum absolute atomic E-state index is 0.182. The predicted octanol–water partition coefficient (Wildman–Crippen LogP) is 4.96. The number of fused-ring (bicyclic) bond motifs is 1. The van der Waals surface area contributed by atoms with Crippen LogP contribution < -0.4 is 5.32 Å². The van der Waals surface area contributed by atoms with E-state index in [-0.39, 0.29) is 25.0 Å². The standard InChI is InChI=1S/C40H61FN2O10/c1-11-29-40(7)32(42-37(48)53-40)27(20-16-15-19-26-17-13-12-14-18-26)33(46)38(5,41)22-39(6,49-10)34(24(3)30(44)25(4)35(47)51-29)52-36-31(45)28(43(8)9)21-23(2)50-36/h12-14,17-18,23-25,27-29,31-32,34,36,45H,11,15-16,19-22H2,1-10H3,(H,42,48)/t23-,24+,25-,27-,28+,29-,31-,32+,34-,36+,38+,39-,40-/m1/s1. The molecule has 2 N–H and O–H groups in total. The van der Waals surface area contributed by atoms with Gasteiger partial charge in [0.1, 0.15) is 18.1 Å². The number of aliphatic hydroxyl groups excluding tert-OH is 1. The SMILES string of the molecule is CC[C@H]1OC(=O)[C@H](C)C(=O)[C@H](C)[C@@H](O[C@@H]2O[C@H](C)C[C@H](N(C)C)[C@H]2O)[C@](C)(OC)C[C@](C)(F)C(=O)[C@H](CCCCc2ccccc2)[C@@H]2NC(=O)O[C@]12C. The minimum Gasteiger partial charge on any atom is -0.458 e. The zero-order valence-corrected chi connectivity index (χ0v) is 33.1. The Morgan fingerprint density at radius 1 is 1.04 bits per heavy atom. The number of aliphatic hydroxyl groups is 1. The summed E-state index contributed by atoms with van der Waals surface area (Å²) in [5.41, 5.74) is -4.67. The van der Waals surface area contributed by atoms with Crippen molar-refractivity contribution < 1.29 is 52.4 Å². The summed E-state index contributed by atoms with van der Waals surface area (Å²) in [7, 11) is 5.00. The van der Waals surface area contributed by atoms with Crippen molar-refractivity contribution in [2.24, 2.45) is 17.8 Å². The maximum Gasteiger partial charge on any atom is 0.408 e. The second-order valence-corrected chi connectivity index (χ2v) is 16.2. The summed E-state index contributed by atoms with van der Waals surface area (Å²) >= 11 is 0. The number of ketones is 2. The van der Waals surface area contributed by atoms with Gasteiger partial charge in [-0.25, -0.2) is 9.18 Å². The lowest BCUT2D eigenvalue weighted by atomic mass is 9.70. The molecule has 3 aliphatic rings. The predicted molar refractivity (Wildman–Crippen MR) is 195 cm³/mol. The minimum atomic E-state index is -2.58. The normalized spacial score (nSPS) is 40.2. The number of ether oxygens (including phenoxy) is 5. The fourth-order valence-corrected chi connectivity index (χ4v) is 8.64. The third kappa shape index (κ3) is 9.29. The van der Waals surface area contributed by atoms with Gasteiger partial charge in [0, 0.05) is 31.4 Å². The number of likely N-dealkylation sites (N-methyl/N-ethyl adjacent to an activating group) is 1. The van der Waals surface area contributed by atoms with Gasteiger partial charge < -0.3 is 39.0 Å². The third-order valence-corrected chi connectivity index (χ3v) is 11.8. The molecular weight excluding hydrogens is 687 g/mol. The number of amides is 1. The average molecular weight is 749 g/mol. The van der Waals surface area contributed by atoms with E-state index in [9.17, 15) is 24.3 Å². The van der Waals surface area contributed by atoms with Crippen LogP contribution in [-0.4, -0.2) is 115 Å². The number of alkyl carbamates (subject to hydrolysis) is 1. The maximum atomic E-state index is 17.5. The molecule has 0 aliphatic carbocycles. The van der Waals surface area contributed by atoms with E-state index < -0.39 is 95.3 Å². The van der Waals surface area contributed by atoms with Crippen molar-refractivity contribution >= 4 is 23.6 Å². The van der Waals surface area contributed by atoms with Crippen LogP contribution in [-0.2, 0) is 44.5 Å². The monoisotopic (exact) mass is 748 g/mol. The number of halogens is 1. The molecule has 13 atom stereocenters. The first kappa shape index (κ1) is 42.8. The molecule has 0 radical (unpaired) electrons. The van der Waals surface area contributed by atoms with Crippen LogP contribution in [0.25, 0.3) is 0 Å². The molecule has 3 saturated heterocycles. The molecule has 0 bridgehead atoms. The summed E-state index contributed by atoms with van der Waals surface area (Å²) in [6, 6.07) is 8.47. The van der Waals surface area contributed by atoms with E-state index in [2.05, 4.69) is 5.32 Å². The Labute approximate surface area is 313 Å². The smallest absolute Gasteiger partial charge is 0.408 e. The molecule has 298 valence electrons. The number of hydrogen-bond acceptors (Lipinski definition) is 11. The van der Waals surface area contributed by atoms with Gasteiger partial charge in [0.05, 0.1) is 23.9 Å². The van der Waals surface area contributed by atoms with E-state index in [4.69, 9.17) is 23.7 Å². The fraction of sp³-hybridized carbons (Fsp3) is 0.750. The summed E-state index contributed by atoms with van der Waals surface area (Å²) in [4.78, 5) is 57.5. The number of methoxy groups -OCH3 is 1. The molecule has 1 aromatic carbocycles. The Hall–Kier alpha value is -2.97. The Morgan fingerprint density at radius 3 is 2.30 bits per heavy atom. The molecule has 0 spiro atoms. The maximum absolute atomic E-state index is 17.5. The van der Waals surface area contributed by atoms with Crippen molar-refractivity contribution in [3.63, 3.8) is 0 Å². The molecule has 3 fully saturated rings. The third-order valence-electron chi connectivity index (χ3n) is 11.8. The van der Waals surface area contributed by atoms with Gasteiger partial charge in [0.15, 0.2) is 29.1 Å².